The molecule has 2 aromatic rings. The topological polar surface area (TPSA) is 98.3 Å². The quantitative estimate of drug-likeness (QED) is 0.777. The second-order valence-corrected chi connectivity index (χ2v) is 5.38. The zero-order valence-electron chi connectivity index (χ0n) is 13.4. The Bertz CT molecular complexity index is 686. The van der Waals surface area contributed by atoms with Crippen LogP contribution in [0, 0.1) is 0 Å². The van der Waals surface area contributed by atoms with Crippen molar-refractivity contribution in [2.75, 3.05) is 30.9 Å². The lowest BCUT2D eigenvalue weighted by Gasteiger charge is -2.11. The van der Waals surface area contributed by atoms with Crippen LogP contribution in [0.4, 0.5) is 17.5 Å². The molecular formula is C16H19N5O3. The van der Waals surface area contributed by atoms with Crippen molar-refractivity contribution >= 4 is 23.4 Å². The molecule has 1 saturated heterocycles. The smallest absolute Gasteiger partial charge is 0.337 e. The monoisotopic (exact) mass is 329 g/mol. The van der Waals surface area contributed by atoms with Gasteiger partial charge in [0, 0.05) is 18.8 Å². The molecule has 8 heteroatoms. The molecule has 8 nitrogen and oxygen atoms in total. The first-order chi connectivity index (χ1) is 11.7. The third kappa shape index (κ3) is 4.17. The van der Waals surface area contributed by atoms with Gasteiger partial charge in [-0.2, -0.15) is 10.1 Å². The Hall–Kier alpha value is -2.74. The van der Waals surface area contributed by atoms with Crippen LogP contribution < -0.4 is 10.6 Å². The fourth-order valence-corrected chi connectivity index (χ4v) is 2.40. The molecule has 0 aliphatic carbocycles. The predicted molar refractivity (Wildman–Crippen MR) is 88.4 cm³/mol. The number of ether oxygens (including phenoxy) is 2. The van der Waals surface area contributed by atoms with E-state index in [-0.39, 0.29) is 12.1 Å². The van der Waals surface area contributed by atoms with Crippen molar-refractivity contribution in [2.45, 2.75) is 18.9 Å². The van der Waals surface area contributed by atoms with Crippen LogP contribution in [0.25, 0.3) is 0 Å². The maximum absolute atomic E-state index is 11.4. The number of esters is 1. The van der Waals surface area contributed by atoms with Crippen LogP contribution in [0.2, 0.25) is 0 Å². The Labute approximate surface area is 139 Å². The van der Waals surface area contributed by atoms with Crippen molar-refractivity contribution in [3.8, 4) is 0 Å². The molecule has 1 unspecified atom stereocenters. The Morgan fingerprint density at radius 3 is 2.92 bits per heavy atom. The summed E-state index contributed by atoms with van der Waals surface area (Å²) < 4.78 is 10.2. The van der Waals surface area contributed by atoms with Gasteiger partial charge in [-0.3, -0.25) is 0 Å². The van der Waals surface area contributed by atoms with E-state index in [0.29, 0.717) is 23.9 Å². The number of nitrogens with zero attached hydrogens (tertiary/aromatic N) is 3. The summed E-state index contributed by atoms with van der Waals surface area (Å²) in [6.45, 7) is 1.48. The number of carbonyl (C=O) groups is 1. The van der Waals surface area contributed by atoms with Crippen LogP contribution in [0.3, 0.4) is 0 Å². The highest BCUT2D eigenvalue weighted by atomic mass is 16.5. The molecule has 1 aromatic carbocycles. The van der Waals surface area contributed by atoms with Crippen LogP contribution in [0.5, 0.6) is 0 Å². The lowest BCUT2D eigenvalue weighted by molar-refractivity contribution is 0.0601. The molecule has 2 heterocycles. The lowest BCUT2D eigenvalue weighted by atomic mass is 10.2. The molecule has 0 radical (unpaired) electrons. The minimum Gasteiger partial charge on any atom is -0.465 e. The first kappa shape index (κ1) is 16.1. The molecule has 0 spiro atoms. The van der Waals surface area contributed by atoms with Gasteiger partial charge in [-0.15, -0.1) is 5.10 Å². The Balaban J connectivity index is 1.60. The van der Waals surface area contributed by atoms with Crippen molar-refractivity contribution < 1.29 is 14.3 Å². The summed E-state index contributed by atoms with van der Waals surface area (Å²) in [5, 5.41) is 14.1. The van der Waals surface area contributed by atoms with Gasteiger partial charge < -0.3 is 20.1 Å². The largest absolute Gasteiger partial charge is 0.465 e. The molecule has 0 saturated carbocycles. The zero-order chi connectivity index (χ0) is 16.8. The van der Waals surface area contributed by atoms with E-state index in [2.05, 4.69) is 30.6 Å². The standard InChI is InChI=1S/C16H19N5O3/c1-23-15(22)11-4-6-12(7-5-11)19-14-10-18-21-16(20-14)17-9-13-3-2-8-24-13/h4-7,10,13H,2-3,8-9H2,1H3,(H2,17,19,20,21). The van der Waals surface area contributed by atoms with Gasteiger partial charge >= 0.3 is 5.97 Å². The highest BCUT2D eigenvalue weighted by molar-refractivity contribution is 5.89. The first-order valence-corrected chi connectivity index (χ1v) is 7.75. The summed E-state index contributed by atoms with van der Waals surface area (Å²) in [6, 6.07) is 6.90. The maximum Gasteiger partial charge on any atom is 0.337 e. The number of carbonyl (C=O) groups excluding carboxylic acids is 1. The van der Waals surface area contributed by atoms with Crippen molar-refractivity contribution in [2.24, 2.45) is 0 Å². The predicted octanol–water partition coefficient (Wildman–Crippen LogP) is 1.99. The van der Waals surface area contributed by atoms with Gasteiger partial charge in [0.05, 0.1) is 25.0 Å². The maximum atomic E-state index is 11.4. The third-order valence-corrected chi connectivity index (χ3v) is 3.65. The van der Waals surface area contributed by atoms with Crippen LogP contribution in [-0.4, -0.2) is 47.5 Å². The molecular weight excluding hydrogens is 310 g/mol. The fraction of sp³-hybridized carbons (Fsp3) is 0.375. The van der Waals surface area contributed by atoms with Crippen molar-refractivity contribution in [1.29, 1.82) is 0 Å². The van der Waals surface area contributed by atoms with Gasteiger partial charge in [0.15, 0.2) is 5.82 Å². The Morgan fingerprint density at radius 1 is 1.38 bits per heavy atom. The van der Waals surface area contributed by atoms with Crippen LogP contribution >= 0.6 is 0 Å². The van der Waals surface area contributed by atoms with E-state index in [1.54, 1.807) is 24.3 Å². The highest BCUT2D eigenvalue weighted by Gasteiger charge is 2.15. The van der Waals surface area contributed by atoms with E-state index in [0.717, 1.165) is 25.1 Å². The van der Waals surface area contributed by atoms with E-state index in [4.69, 9.17) is 4.74 Å². The summed E-state index contributed by atoms with van der Waals surface area (Å²) >= 11 is 0. The number of benzene rings is 1. The van der Waals surface area contributed by atoms with E-state index in [1.165, 1.54) is 13.3 Å². The van der Waals surface area contributed by atoms with E-state index >= 15 is 0 Å². The molecule has 0 bridgehead atoms. The molecule has 0 amide bonds. The Morgan fingerprint density at radius 2 is 2.21 bits per heavy atom. The molecule has 1 atom stereocenters. The van der Waals surface area contributed by atoms with Crippen LogP contribution in [0.1, 0.15) is 23.2 Å². The molecule has 1 aliphatic rings. The number of aromatic nitrogens is 3. The molecule has 24 heavy (non-hydrogen) atoms. The summed E-state index contributed by atoms with van der Waals surface area (Å²) in [7, 11) is 1.35. The van der Waals surface area contributed by atoms with Gasteiger partial charge in [0.25, 0.3) is 0 Å². The second kappa shape index (κ2) is 7.69. The van der Waals surface area contributed by atoms with Crippen molar-refractivity contribution in [1.82, 2.24) is 15.2 Å². The summed E-state index contributed by atoms with van der Waals surface area (Å²) in [5.41, 5.74) is 1.27. The molecule has 2 N–H and O–H groups in total. The molecule has 126 valence electrons. The number of nitrogens with one attached hydrogen (secondary N) is 2. The summed E-state index contributed by atoms with van der Waals surface area (Å²) in [6.07, 6.45) is 3.88. The minimum absolute atomic E-state index is 0.205. The number of rotatable bonds is 6. The van der Waals surface area contributed by atoms with Gasteiger partial charge in [-0.25, -0.2) is 4.79 Å². The normalized spacial score (nSPS) is 16.6. The average Bonchev–Trinajstić information content (AvgIpc) is 3.14. The summed E-state index contributed by atoms with van der Waals surface area (Å²) in [4.78, 5) is 15.8. The molecule has 3 rings (SSSR count). The molecule has 1 fully saturated rings. The summed E-state index contributed by atoms with van der Waals surface area (Å²) in [5.74, 6) is 0.637. The van der Waals surface area contributed by atoms with E-state index in [9.17, 15) is 4.79 Å². The second-order valence-electron chi connectivity index (χ2n) is 5.38. The van der Waals surface area contributed by atoms with Crippen molar-refractivity contribution in [3.05, 3.63) is 36.0 Å². The van der Waals surface area contributed by atoms with Gasteiger partial charge in [-0.05, 0) is 37.1 Å². The number of hydrogen-bond donors (Lipinski definition) is 2. The Kier molecular flexibility index (Phi) is 5.17. The van der Waals surface area contributed by atoms with Crippen molar-refractivity contribution in [3.63, 3.8) is 0 Å². The minimum atomic E-state index is -0.370. The number of hydrogen-bond acceptors (Lipinski definition) is 8. The fourth-order valence-electron chi connectivity index (χ4n) is 2.40. The first-order valence-electron chi connectivity index (χ1n) is 7.75. The number of anilines is 3. The third-order valence-electron chi connectivity index (χ3n) is 3.65. The molecule has 1 aliphatic heterocycles. The average molecular weight is 329 g/mol. The number of methoxy groups -OCH3 is 1. The van der Waals surface area contributed by atoms with E-state index in [1.807, 2.05) is 0 Å². The van der Waals surface area contributed by atoms with Gasteiger partial charge in [0.2, 0.25) is 5.95 Å². The van der Waals surface area contributed by atoms with Crippen LogP contribution in [-0.2, 0) is 9.47 Å². The lowest BCUT2D eigenvalue weighted by Crippen LogP contribution is -2.20. The van der Waals surface area contributed by atoms with Crippen LogP contribution in [0.15, 0.2) is 30.5 Å². The highest BCUT2D eigenvalue weighted by Crippen LogP contribution is 2.16. The molecule has 1 aromatic heterocycles. The zero-order valence-corrected chi connectivity index (χ0v) is 13.4. The van der Waals surface area contributed by atoms with E-state index < -0.39 is 0 Å². The SMILES string of the molecule is COC(=O)c1ccc(Nc2cnnc(NCC3CCCO3)n2)cc1. The van der Waals surface area contributed by atoms with Gasteiger partial charge in [-0.1, -0.05) is 0 Å². The van der Waals surface area contributed by atoms with Gasteiger partial charge in [0.1, 0.15) is 0 Å².